The third-order valence-electron chi connectivity index (χ3n) is 2.74. The first-order valence-corrected chi connectivity index (χ1v) is 6.97. The van der Waals surface area contributed by atoms with Gasteiger partial charge in [-0.05, 0) is 30.3 Å². The van der Waals surface area contributed by atoms with Crippen LogP contribution in [0.3, 0.4) is 0 Å². The van der Waals surface area contributed by atoms with Gasteiger partial charge in [0.05, 0.1) is 0 Å². The van der Waals surface area contributed by atoms with E-state index in [2.05, 4.69) is 4.98 Å². The lowest BCUT2D eigenvalue weighted by Crippen LogP contribution is -2.04. The Hall–Kier alpha value is -1.71. The van der Waals surface area contributed by atoms with Crippen LogP contribution in [0.15, 0.2) is 69.2 Å². The van der Waals surface area contributed by atoms with Gasteiger partial charge >= 0.3 is 0 Å². The fraction of sp³-hybridized carbons (Fsp3) is 0. The maximum atomic E-state index is 11.7. The maximum Gasteiger partial charge on any atom is 0.249 e. The molecule has 1 aromatic heterocycles. The van der Waals surface area contributed by atoms with E-state index < -0.39 is 0 Å². The summed E-state index contributed by atoms with van der Waals surface area (Å²) in [6.45, 7) is 0. The van der Waals surface area contributed by atoms with Gasteiger partial charge in [-0.3, -0.25) is 4.79 Å². The first-order chi connectivity index (χ1) is 9.22. The Morgan fingerprint density at radius 3 is 2.58 bits per heavy atom. The van der Waals surface area contributed by atoms with E-state index in [0.29, 0.717) is 5.02 Å². The molecule has 0 spiro atoms. The quantitative estimate of drug-likeness (QED) is 0.761. The van der Waals surface area contributed by atoms with Crippen LogP contribution in [0.1, 0.15) is 0 Å². The predicted octanol–water partition coefficient (Wildman–Crippen LogP) is 4.33. The Morgan fingerprint density at radius 2 is 1.79 bits per heavy atom. The van der Waals surface area contributed by atoms with Gasteiger partial charge in [-0.1, -0.05) is 41.6 Å². The molecule has 0 amide bonds. The smallest absolute Gasteiger partial charge is 0.249 e. The van der Waals surface area contributed by atoms with Gasteiger partial charge < -0.3 is 4.98 Å². The van der Waals surface area contributed by atoms with Crippen LogP contribution in [0.25, 0.3) is 10.9 Å². The molecule has 3 aromatic rings. The minimum atomic E-state index is -0.103. The predicted molar refractivity (Wildman–Crippen MR) is 80.1 cm³/mol. The lowest BCUT2D eigenvalue weighted by Gasteiger charge is -2.06. The molecule has 0 saturated carbocycles. The number of hydrogen-bond acceptors (Lipinski definition) is 2. The lowest BCUT2D eigenvalue weighted by molar-refractivity contribution is 1.26. The average molecular weight is 288 g/mol. The van der Waals surface area contributed by atoms with Crippen LogP contribution in [0, 0.1) is 0 Å². The Morgan fingerprint density at radius 1 is 1.00 bits per heavy atom. The average Bonchev–Trinajstić information content (AvgIpc) is 2.41. The second-order valence-corrected chi connectivity index (χ2v) is 5.65. The molecular weight excluding hydrogens is 278 g/mol. The minimum Gasteiger partial charge on any atom is -0.322 e. The minimum absolute atomic E-state index is 0.103. The van der Waals surface area contributed by atoms with Gasteiger partial charge in [0.15, 0.2) is 0 Å². The van der Waals surface area contributed by atoms with Crippen LogP contribution in [0.5, 0.6) is 0 Å². The van der Waals surface area contributed by atoms with Crippen LogP contribution >= 0.6 is 23.4 Å². The largest absolute Gasteiger partial charge is 0.322 e. The molecule has 2 aromatic carbocycles. The summed E-state index contributed by atoms with van der Waals surface area (Å²) in [6.07, 6.45) is 0. The van der Waals surface area contributed by atoms with E-state index >= 15 is 0 Å². The molecule has 1 heterocycles. The molecule has 2 nitrogen and oxygen atoms in total. The molecule has 0 bridgehead atoms. The first-order valence-electron chi connectivity index (χ1n) is 5.78. The van der Waals surface area contributed by atoms with Gasteiger partial charge in [0.1, 0.15) is 0 Å². The number of fused-ring (bicyclic) bond motifs is 1. The molecular formula is C15H10ClNOS. The van der Waals surface area contributed by atoms with Crippen LogP contribution in [0.2, 0.25) is 5.02 Å². The summed E-state index contributed by atoms with van der Waals surface area (Å²) in [5.74, 6) is 0. The zero-order valence-corrected chi connectivity index (χ0v) is 11.5. The van der Waals surface area contributed by atoms with Crippen molar-refractivity contribution >= 4 is 34.3 Å². The summed E-state index contributed by atoms with van der Waals surface area (Å²) in [7, 11) is 0. The topological polar surface area (TPSA) is 32.9 Å². The molecule has 4 heteroatoms. The van der Waals surface area contributed by atoms with Crippen molar-refractivity contribution in [2.24, 2.45) is 0 Å². The van der Waals surface area contributed by atoms with Crippen molar-refractivity contribution in [2.75, 3.05) is 0 Å². The molecule has 0 aliphatic rings. The molecule has 94 valence electrons. The number of aromatic amines is 1. The Bertz CT molecular complexity index is 783. The van der Waals surface area contributed by atoms with E-state index in [0.717, 1.165) is 20.7 Å². The van der Waals surface area contributed by atoms with Crippen LogP contribution in [0.4, 0.5) is 0 Å². The van der Waals surface area contributed by atoms with Crippen LogP contribution in [-0.4, -0.2) is 4.98 Å². The number of rotatable bonds is 2. The number of halogens is 1. The monoisotopic (exact) mass is 287 g/mol. The number of nitrogens with one attached hydrogen (secondary N) is 1. The molecule has 0 atom stereocenters. The fourth-order valence-corrected chi connectivity index (χ4v) is 3.06. The van der Waals surface area contributed by atoms with Crippen molar-refractivity contribution in [1.29, 1.82) is 0 Å². The molecule has 0 unspecified atom stereocenters. The highest BCUT2D eigenvalue weighted by atomic mass is 35.5. The van der Waals surface area contributed by atoms with E-state index in [1.807, 2.05) is 42.5 Å². The maximum absolute atomic E-state index is 11.7. The highest BCUT2D eigenvalue weighted by Crippen LogP contribution is 2.32. The summed E-state index contributed by atoms with van der Waals surface area (Å²) >= 11 is 7.59. The van der Waals surface area contributed by atoms with E-state index in [4.69, 9.17) is 11.6 Å². The van der Waals surface area contributed by atoms with Crippen molar-refractivity contribution < 1.29 is 0 Å². The summed E-state index contributed by atoms with van der Waals surface area (Å²) in [5, 5.41) is 1.62. The van der Waals surface area contributed by atoms with Crippen molar-refractivity contribution in [3.63, 3.8) is 0 Å². The standard InChI is InChI=1S/C15H10ClNOS/c16-10-6-7-13-12(8-10)14(9-15(18)17-13)19-11-4-2-1-3-5-11/h1-9H,(H,17,18). The fourth-order valence-electron chi connectivity index (χ4n) is 1.89. The van der Waals surface area contributed by atoms with Gasteiger partial charge in [-0.25, -0.2) is 0 Å². The molecule has 19 heavy (non-hydrogen) atoms. The van der Waals surface area contributed by atoms with Gasteiger partial charge in [0, 0.05) is 31.8 Å². The van der Waals surface area contributed by atoms with E-state index in [1.54, 1.807) is 23.9 Å². The van der Waals surface area contributed by atoms with Crippen molar-refractivity contribution in [2.45, 2.75) is 9.79 Å². The molecule has 0 saturated heterocycles. The van der Waals surface area contributed by atoms with E-state index in [1.165, 1.54) is 0 Å². The Balaban J connectivity index is 2.17. The second kappa shape index (κ2) is 5.11. The zero-order valence-electron chi connectivity index (χ0n) is 9.89. The molecule has 0 radical (unpaired) electrons. The second-order valence-electron chi connectivity index (χ2n) is 4.10. The highest BCUT2D eigenvalue weighted by molar-refractivity contribution is 7.99. The molecule has 0 aliphatic heterocycles. The summed E-state index contributed by atoms with van der Waals surface area (Å²) in [5.41, 5.74) is 0.698. The van der Waals surface area contributed by atoms with Gasteiger partial charge in [-0.2, -0.15) is 0 Å². The van der Waals surface area contributed by atoms with Gasteiger partial charge in [-0.15, -0.1) is 0 Å². The van der Waals surface area contributed by atoms with Crippen LogP contribution < -0.4 is 5.56 Å². The number of hydrogen-bond donors (Lipinski definition) is 1. The van der Waals surface area contributed by atoms with Crippen LogP contribution in [-0.2, 0) is 0 Å². The third-order valence-corrected chi connectivity index (χ3v) is 4.04. The molecule has 3 rings (SSSR count). The number of H-pyrrole nitrogens is 1. The zero-order chi connectivity index (χ0) is 13.2. The normalized spacial score (nSPS) is 10.8. The van der Waals surface area contributed by atoms with Crippen molar-refractivity contribution in [3.8, 4) is 0 Å². The molecule has 1 N–H and O–H groups in total. The molecule has 0 aliphatic carbocycles. The van der Waals surface area contributed by atoms with Crippen molar-refractivity contribution in [1.82, 2.24) is 4.98 Å². The first kappa shape index (κ1) is 12.3. The van der Waals surface area contributed by atoms with Crippen molar-refractivity contribution in [3.05, 3.63) is 70.0 Å². The Labute approximate surface area is 119 Å². The SMILES string of the molecule is O=c1cc(Sc2ccccc2)c2cc(Cl)ccc2[nH]1. The third kappa shape index (κ3) is 2.67. The molecule has 0 fully saturated rings. The summed E-state index contributed by atoms with van der Waals surface area (Å²) in [4.78, 5) is 16.5. The lowest BCUT2D eigenvalue weighted by atomic mass is 10.2. The number of pyridine rings is 1. The van der Waals surface area contributed by atoms with Gasteiger partial charge in [0.25, 0.3) is 0 Å². The Kier molecular flexibility index (Phi) is 3.32. The number of aromatic nitrogens is 1. The summed E-state index contributed by atoms with van der Waals surface area (Å²) in [6, 6.07) is 17.0. The highest BCUT2D eigenvalue weighted by Gasteiger charge is 2.06. The van der Waals surface area contributed by atoms with Gasteiger partial charge in [0.2, 0.25) is 5.56 Å². The van der Waals surface area contributed by atoms with E-state index in [9.17, 15) is 4.79 Å². The summed E-state index contributed by atoms with van der Waals surface area (Å²) < 4.78 is 0. The van der Waals surface area contributed by atoms with E-state index in [-0.39, 0.29) is 5.56 Å². The number of benzene rings is 2.